The van der Waals surface area contributed by atoms with Crippen molar-refractivity contribution in [2.24, 2.45) is 0 Å². The van der Waals surface area contributed by atoms with Gasteiger partial charge in [0.1, 0.15) is 11.4 Å². The molecule has 114 valence electrons. The highest BCUT2D eigenvalue weighted by atomic mass is 16.5. The van der Waals surface area contributed by atoms with E-state index < -0.39 is 5.97 Å². The monoisotopic (exact) mass is 292 g/mol. The zero-order valence-electron chi connectivity index (χ0n) is 12.5. The Bertz CT molecular complexity index is 702. The zero-order valence-corrected chi connectivity index (χ0v) is 12.5. The molecule has 0 saturated carbocycles. The quantitative estimate of drug-likeness (QED) is 0.625. The summed E-state index contributed by atoms with van der Waals surface area (Å²) in [5.74, 6) is -0.0233. The Kier molecular flexibility index (Phi) is 4.62. The minimum Gasteiger partial charge on any atom is -0.462 e. The second kappa shape index (κ2) is 6.43. The van der Waals surface area contributed by atoms with Crippen LogP contribution in [0.4, 0.5) is 5.82 Å². The first-order chi connectivity index (χ1) is 10.1. The van der Waals surface area contributed by atoms with E-state index >= 15 is 0 Å². The van der Waals surface area contributed by atoms with Crippen molar-refractivity contribution >= 4 is 17.4 Å². The number of aromatic nitrogens is 3. The Morgan fingerprint density at radius 3 is 2.90 bits per heavy atom. The van der Waals surface area contributed by atoms with E-state index in [1.165, 1.54) is 10.6 Å². The highest BCUT2D eigenvalue weighted by Gasteiger charge is 2.22. The van der Waals surface area contributed by atoms with E-state index in [1.54, 1.807) is 13.8 Å². The molecule has 0 amide bonds. The summed E-state index contributed by atoms with van der Waals surface area (Å²) in [6, 6.07) is 1.41. The predicted molar refractivity (Wildman–Crippen MR) is 79.9 cm³/mol. The van der Waals surface area contributed by atoms with Crippen LogP contribution in [0, 0.1) is 6.92 Å². The van der Waals surface area contributed by atoms with Crippen molar-refractivity contribution in [3.8, 4) is 0 Å². The first-order valence-electron chi connectivity index (χ1n) is 7.11. The van der Waals surface area contributed by atoms with Gasteiger partial charge in [-0.2, -0.15) is 4.52 Å². The number of nitrogens with one attached hydrogen (secondary N) is 2. The third-order valence-corrected chi connectivity index (χ3v) is 3.06. The van der Waals surface area contributed by atoms with Crippen LogP contribution in [0.2, 0.25) is 0 Å². The van der Waals surface area contributed by atoms with Crippen molar-refractivity contribution in [1.82, 2.24) is 14.6 Å². The van der Waals surface area contributed by atoms with Gasteiger partial charge in [-0.05, 0) is 20.3 Å². The molecule has 7 nitrogen and oxygen atoms in total. The maximum absolute atomic E-state index is 12.2. The van der Waals surface area contributed by atoms with Crippen LogP contribution in [-0.2, 0) is 4.74 Å². The number of nitrogens with zero attached hydrogens (tertiary/aromatic N) is 2. The van der Waals surface area contributed by atoms with Crippen LogP contribution in [0.15, 0.2) is 10.9 Å². The van der Waals surface area contributed by atoms with Gasteiger partial charge in [0.05, 0.1) is 6.61 Å². The number of aryl methyl sites for hydroxylation is 1. The molecule has 0 aliphatic carbocycles. The molecular weight excluding hydrogens is 272 g/mol. The van der Waals surface area contributed by atoms with Gasteiger partial charge in [-0.15, -0.1) is 0 Å². The highest BCUT2D eigenvalue weighted by molar-refractivity contribution is 6.01. The number of anilines is 1. The van der Waals surface area contributed by atoms with E-state index in [4.69, 9.17) is 4.74 Å². The summed E-state index contributed by atoms with van der Waals surface area (Å²) < 4.78 is 6.32. The molecule has 0 atom stereocenters. The first kappa shape index (κ1) is 15.1. The minimum atomic E-state index is -0.493. The second-order valence-electron chi connectivity index (χ2n) is 4.76. The van der Waals surface area contributed by atoms with Crippen molar-refractivity contribution < 1.29 is 9.53 Å². The Balaban J connectivity index is 2.55. The lowest BCUT2D eigenvalue weighted by Crippen LogP contribution is -2.15. The van der Waals surface area contributed by atoms with Crippen molar-refractivity contribution in [2.75, 3.05) is 18.5 Å². The molecule has 2 N–H and O–H groups in total. The molecule has 0 saturated heterocycles. The minimum absolute atomic E-state index is 0.258. The third kappa shape index (κ3) is 3.07. The number of H-pyrrole nitrogens is 1. The van der Waals surface area contributed by atoms with Crippen LogP contribution in [0.5, 0.6) is 0 Å². The molecule has 0 radical (unpaired) electrons. The summed E-state index contributed by atoms with van der Waals surface area (Å²) in [4.78, 5) is 28.4. The summed E-state index contributed by atoms with van der Waals surface area (Å²) in [6.07, 6.45) is 1.98. The fraction of sp³-hybridized carbons (Fsp3) is 0.500. The van der Waals surface area contributed by atoms with Crippen LogP contribution >= 0.6 is 0 Å². The van der Waals surface area contributed by atoms with E-state index in [0.717, 1.165) is 12.8 Å². The predicted octanol–water partition coefficient (Wildman–Crippen LogP) is 1.72. The van der Waals surface area contributed by atoms with Gasteiger partial charge in [0.15, 0.2) is 5.65 Å². The van der Waals surface area contributed by atoms with Crippen LogP contribution in [0.1, 0.15) is 42.7 Å². The largest absolute Gasteiger partial charge is 0.462 e. The smallest absolute Gasteiger partial charge is 0.345 e. The molecular formula is C14H20N4O3. The molecule has 2 rings (SSSR count). The van der Waals surface area contributed by atoms with Gasteiger partial charge in [-0.1, -0.05) is 13.3 Å². The summed E-state index contributed by atoms with van der Waals surface area (Å²) in [7, 11) is 0. The average molecular weight is 292 g/mol. The maximum Gasteiger partial charge on any atom is 0.345 e. The van der Waals surface area contributed by atoms with Crippen molar-refractivity contribution in [2.45, 2.75) is 33.6 Å². The lowest BCUT2D eigenvalue weighted by molar-refractivity contribution is 0.0529. The number of ether oxygens (including phenoxy) is 1. The van der Waals surface area contributed by atoms with E-state index in [1.807, 2.05) is 0 Å². The molecule has 7 heteroatoms. The molecule has 2 aromatic rings. The molecule has 0 aliphatic rings. The van der Waals surface area contributed by atoms with Gasteiger partial charge in [0, 0.05) is 18.3 Å². The topological polar surface area (TPSA) is 88.5 Å². The molecule has 0 spiro atoms. The summed E-state index contributed by atoms with van der Waals surface area (Å²) >= 11 is 0. The normalized spacial score (nSPS) is 10.8. The number of unbranched alkanes of at least 4 members (excludes halogenated alkanes) is 1. The molecule has 0 unspecified atom stereocenters. The van der Waals surface area contributed by atoms with Gasteiger partial charge < -0.3 is 10.1 Å². The van der Waals surface area contributed by atoms with Gasteiger partial charge in [-0.25, -0.2) is 9.78 Å². The highest BCUT2D eigenvalue weighted by Crippen LogP contribution is 2.19. The lowest BCUT2D eigenvalue weighted by Gasteiger charge is -2.05. The molecule has 21 heavy (non-hydrogen) atoms. The molecule has 2 aromatic heterocycles. The number of hydrogen-bond donors (Lipinski definition) is 2. The Hall–Kier alpha value is -2.31. The number of fused-ring (bicyclic) bond motifs is 1. The number of carbonyl (C=O) groups is 1. The van der Waals surface area contributed by atoms with Crippen LogP contribution in [-0.4, -0.2) is 33.7 Å². The molecule has 0 aromatic carbocycles. The standard InChI is InChI=1S/C14H20N4O3/c1-4-6-7-15-12-11(14(20)21-5-2)13-16-9(3)8-10(19)18(13)17-12/h8,15,17H,4-7H2,1-3H3. The number of rotatable bonds is 6. The summed E-state index contributed by atoms with van der Waals surface area (Å²) in [5, 5.41) is 6.02. The van der Waals surface area contributed by atoms with Crippen LogP contribution in [0.3, 0.4) is 0 Å². The number of aromatic amines is 1. The Morgan fingerprint density at radius 2 is 2.24 bits per heavy atom. The summed E-state index contributed by atoms with van der Waals surface area (Å²) in [5.41, 5.74) is 0.863. The molecule has 0 fully saturated rings. The number of esters is 1. The van der Waals surface area contributed by atoms with E-state index in [2.05, 4.69) is 22.3 Å². The van der Waals surface area contributed by atoms with Crippen LogP contribution in [0.25, 0.3) is 5.65 Å². The van der Waals surface area contributed by atoms with Crippen molar-refractivity contribution in [3.63, 3.8) is 0 Å². The molecule has 2 heterocycles. The fourth-order valence-electron chi connectivity index (χ4n) is 2.07. The average Bonchev–Trinajstić information content (AvgIpc) is 2.78. The van der Waals surface area contributed by atoms with Crippen molar-refractivity contribution in [3.05, 3.63) is 27.7 Å². The SMILES string of the molecule is CCCCNc1[nH]n2c(=O)cc(C)nc2c1C(=O)OCC. The summed E-state index contributed by atoms with van der Waals surface area (Å²) in [6.45, 7) is 6.49. The second-order valence-corrected chi connectivity index (χ2v) is 4.76. The molecule has 0 bridgehead atoms. The molecule has 0 aliphatic heterocycles. The van der Waals surface area contributed by atoms with E-state index in [0.29, 0.717) is 18.1 Å². The van der Waals surface area contributed by atoms with Gasteiger partial charge >= 0.3 is 5.97 Å². The van der Waals surface area contributed by atoms with Crippen LogP contribution < -0.4 is 10.9 Å². The lowest BCUT2D eigenvalue weighted by atomic mass is 10.3. The van der Waals surface area contributed by atoms with E-state index in [-0.39, 0.29) is 23.4 Å². The Morgan fingerprint density at radius 1 is 1.48 bits per heavy atom. The van der Waals surface area contributed by atoms with Gasteiger partial charge in [0.25, 0.3) is 5.56 Å². The zero-order chi connectivity index (χ0) is 15.4. The fourth-order valence-corrected chi connectivity index (χ4v) is 2.07. The van der Waals surface area contributed by atoms with Crippen molar-refractivity contribution in [1.29, 1.82) is 0 Å². The van der Waals surface area contributed by atoms with E-state index in [9.17, 15) is 9.59 Å². The maximum atomic E-state index is 12.2. The van der Waals surface area contributed by atoms with Gasteiger partial charge in [0.2, 0.25) is 0 Å². The first-order valence-corrected chi connectivity index (χ1v) is 7.11. The number of carbonyl (C=O) groups excluding carboxylic acids is 1. The Labute approximate surface area is 122 Å². The van der Waals surface area contributed by atoms with Gasteiger partial charge in [-0.3, -0.25) is 9.89 Å². The third-order valence-electron chi connectivity index (χ3n) is 3.06. The number of hydrogen-bond acceptors (Lipinski definition) is 5.